The number of nitrogens with one attached hydrogen (secondary N) is 1. The fraction of sp³-hybridized carbons (Fsp3) is 1.00. The molecular weight excluding hydrogens is 262 g/mol. The second kappa shape index (κ2) is 8.35. The van der Waals surface area contributed by atoms with Gasteiger partial charge in [0.05, 0.1) is 18.8 Å². The quantitative estimate of drug-likeness (QED) is 0.771. The highest BCUT2D eigenvalue weighted by Crippen LogP contribution is 2.20. The first-order valence-electron chi connectivity index (χ1n) is 7.62. The van der Waals surface area contributed by atoms with Gasteiger partial charge in [-0.2, -0.15) is 0 Å². The number of rotatable bonds is 6. The smallest absolute Gasteiger partial charge is 0.0897 e. The van der Waals surface area contributed by atoms with Crippen LogP contribution in [-0.4, -0.2) is 52.2 Å². The summed E-state index contributed by atoms with van der Waals surface area (Å²) in [5.74, 6) is 1.60. The largest absolute Gasteiger partial charge is 0.389 e. The highest BCUT2D eigenvalue weighted by Gasteiger charge is 2.19. The molecule has 0 aromatic heterocycles. The zero-order valence-electron chi connectivity index (χ0n) is 11.7. The van der Waals surface area contributed by atoms with E-state index in [1.165, 1.54) is 19.3 Å². The first-order chi connectivity index (χ1) is 9.24. The minimum absolute atomic E-state index is 0.362. The van der Waals surface area contributed by atoms with Gasteiger partial charge in [-0.25, -0.2) is 0 Å². The lowest BCUT2D eigenvalue weighted by atomic mass is 9.98. The van der Waals surface area contributed by atoms with Crippen LogP contribution in [-0.2, 0) is 15.5 Å². The third kappa shape index (κ3) is 5.90. The Morgan fingerprint density at radius 1 is 1.16 bits per heavy atom. The third-order valence-corrected chi connectivity index (χ3v) is 5.49. The molecule has 0 bridgehead atoms. The van der Waals surface area contributed by atoms with E-state index in [0.29, 0.717) is 25.3 Å². The van der Waals surface area contributed by atoms with E-state index in [-0.39, 0.29) is 0 Å². The molecule has 0 spiro atoms. The maximum absolute atomic E-state index is 11.2. The van der Waals surface area contributed by atoms with Gasteiger partial charge < -0.3 is 15.2 Å². The first kappa shape index (κ1) is 15.4. The Morgan fingerprint density at radius 3 is 2.53 bits per heavy atom. The van der Waals surface area contributed by atoms with Gasteiger partial charge in [0.1, 0.15) is 0 Å². The van der Waals surface area contributed by atoms with Crippen molar-refractivity contribution in [2.24, 2.45) is 0 Å². The first-order valence-corrected chi connectivity index (χ1v) is 9.11. The average molecular weight is 289 g/mol. The molecule has 1 aliphatic carbocycles. The number of aliphatic hydroxyl groups is 1. The van der Waals surface area contributed by atoms with Gasteiger partial charge in [-0.3, -0.25) is 4.21 Å². The molecule has 1 aliphatic heterocycles. The van der Waals surface area contributed by atoms with Gasteiger partial charge in [-0.15, -0.1) is 0 Å². The Labute approximate surface area is 118 Å². The van der Waals surface area contributed by atoms with Crippen LogP contribution >= 0.6 is 0 Å². The Kier molecular flexibility index (Phi) is 6.77. The predicted octanol–water partition coefficient (Wildman–Crippen LogP) is 1.20. The SMILES string of the molecule is O=S1CCC(NCC(O)COC2CCCCC2)CC1. The van der Waals surface area contributed by atoms with Gasteiger partial charge >= 0.3 is 0 Å². The van der Waals surface area contributed by atoms with Crippen molar-refractivity contribution < 1.29 is 14.1 Å². The van der Waals surface area contributed by atoms with Crippen LogP contribution in [0.2, 0.25) is 0 Å². The molecule has 0 amide bonds. The molecule has 1 unspecified atom stereocenters. The molecule has 2 N–H and O–H groups in total. The number of hydrogen-bond acceptors (Lipinski definition) is 4. The van der Waals surface area contributed by atoms with Gasteiger partial charge in [-0.1, -0.05) is 19.3 Å². The summed E-state index contributed by atoms with van der Waals surface area (Å²) in [6.45, 7) is 1.03. The molecule has 19 heavy (non-hydrogen) atoms. The van der Waals surface area contributed by atoms with Crippen molar-refractivity contribution in [3.63, 3.8) is 0 Å². The second-order valence-electron chi connectivity index (χ2n) is 5.78. The summed E-state index contributed by atoms with van der Waals surface area (Å²) in [4.78, 5) is 0. The van der Waals surface area contributed by atoms with Gasteiger partial charge in [0, 0.05) is 34.9 Å². The highest BCUT2D eigenvalue weighted by molar-refractivity contribution is 7.85. The molecule has 0 aromatic carbocycles. The summed E-state index contributed by atoms with van der Waals surface area (Å²) < 4.78 is 17.0. The van der Waals surface area contributed by atoms with Crippen molar-refractivity contribution in [2.75, 3.05) is 24.7 Å². The minimum Gasteiger partial charge on any atom is -0.389 e. The van der Waals surface area contributed by atoms with Crippen LogP contribution in [0.25, 0.3) is 0 Å². The van der Waals surface area contributed by atoms with Crippen LogP contribution in [0.15, 0.2) is 0 Å². The molecular formula is C14H27NO3S. The average Bonchev–Trinajstić information content (AvgIpc) is 2.45. The normalized spacial score (nSPS) is 31.2. The highest BCUT2D eigenvalue weighted by atomic mass is 32.2. The summed E-state index contributed by atoms with van der Waals surface area (Å²) in [7, 11) is -0.609. The maximum Gasteiger partial charge on any atom is 0.0897 e. The zero-order valence-corrected chi connectivity index (χ0v) is 12.5. The van der Waals surface area contributed by atoms with E-state index in [1.54, 1.807) is 0 Å². The predicted molar refractivity (Wildman–Crippen MR) is 77.7 cm³/mol. The minimum atomic E-state index is -0.609. The topological polar surface area (TPSA) is 58.6 Å². The van der Waals surface area contributed by atoms with Gasteiger partial charge in [0.15, 0.2) is 0 Å². The van der Waals surface area contributed by atoms with E-state index in [4.69, 9.17) is 4.74 Å². The molecule has 2 aliphatic rings. The summed E-state index contributed by atoms with van der Waals surface area (Å²) in [6.07, 6.45) is 8.01. The lowest BCUT2D eigenvalue weighted by Gasteiger charge is -2.26. The maximum atomic E-state index is 11.2. The summed E-state index contributed by atoms with van der Waals surface area (Å²) >= 11 is 0. The molecule has 1 saturated carbocycles. The van der Waals surface area contributed by atoms with Crippen LogP contribution in [0.5, 0.6) is 0 Å². The molecule has 0 radical (unpaired) electrons. The van der Waals surface area contributed by atoms with E-state index in [1.807, 2.05) is 0 Å². The summed E-state index contributed by atoms with van der Waals surface area (Å²) in [5, 5.41) is 13.3. The Bertz CT molecular complexity index is 272. The molecule has 2 rings (SSSR count). The molecule has 5 heteroatoms. The molecule has 1 heterocycles. The van der Waals surface area contributed by atoms with Crippen molar-refractivity contribution in [3.8, 4) is 0 Å². The standard InChI is InChI=1S/C14H27NO3S/c16-13(11-18-14-4-2-1-3-5-14)10-15-12-6-8-19(17)9-7-12/h12-16H,1-11H2. The molecule has 2 fully saturated rings. The van der Waals surface area contributed by atoms with Crippen molar-refractivity contribution in [1.29, 1.82) is 0 Å². The second-order valence-corrected chi connectivity index (χ2v) is 7.47. The van der Waals surface area contributed by atoms with Crippen molar-refractivity contribution in [3.05, 3.63) is 0 Å². The number of hydrogen-bond donors (Lipinski definition) is 2. The lowest BCUT2D eigenvalue weighted by molar-refractivity contribution is -0.0236. The third-order valence-electron chi connectivity index (χ3n) is 4.11. The molecule has 1 atom stereocenters. The van der Waals surface area contributed by atoms with E-state index >= 15 is 0 Å². The van der Waals surface area contributed by atoms with Crippen LogP contribution in [0.1, 0.15) is 44.9 Å². The zero-order chi connectivity index (χ0) is 13.5. The summed E-state index contributed by atoms with van der Waals surface area (Å²) in [5.41, 5.74) is 0. The van der Waals surface area contributed by atoms with Crippen LogP contribution in [0.4, 0.5) is 0 Å². The van der Waals surface area contributed by atoms with Gasteiger partial charge in [0.2, 0.25) is 0 Å². The summed E-state index contributed by atoms with van der Waals surface area (Å²) in [6, 6.07) is 0.419. The van der Waals surface area contributed by atoms with Gasteiger partial charge in [-0.05, 0) is 25.7 Å². The molecule has 1 saturated heterocycles. The van der Waals surface area contributed by atoms with Gasteiger partial charge in [0.25, 0.3) is 0 Å². The van der Waals surface area contributed by atoms with E-state index in [0.717, 1.165) is 37.2 Å². The van der Waals surface area contributed by atoms with Crippen LogP contribution in [0, 0.1) is 0 Å². The lowest BCUT2D eigenvalue weighted by Crippen LogP contribution is -2.41. The fourth-order valence-corrected chi connectivity index (χ4v) is 4.14. The van der Waals surface area contributed by atoms with Crippen LogP contribution in [0.3, 0.4) is 0 Å². The monoisotopic (exact) mass is 289 g/mol. The van der Waals surface area contributed by atoms with Crippen molar-refractivity contribution in [2.45, 2.75) is 63.2 Å². The number of ether oxygens (including phenoxy) is 1. The van der Waals surface area contributed by atoms with E-state index in [2.05, 4.69) is 5.32 Å². The Hall–Kier alpha value is 0.0300. The Balaban J connectivity index is 1.54. The fourth-order valence-electron chi connectivity index (χ4n) is 2.84. The van der Waals surface area contributed by atoms with Crippen LogP contribution < -0.4 is 5.32 Å². The van der Waals surface area contributed by atoms with Crippen molar-refractivity contribution in [1.82, 2.24) is 5.32 Å². The molecule has 0 aromatic rings. The van der Waals surface area contributed by atoms with E-state index < -0.39 is 16.9 Å². The van der Waals surface area contributed by atoms with Crippen molar-refractivity contribution >= 4 is 10.8 Å². The van der Waals surface area contributed by atoms with E-state index in [9.17, 15) is 9.32 Å². The molecule has 112 valence electrons. The Morgan fingerprint density at radius 2 is 1.84 bits per heavy atom. The number of aliphatic hydroxyl groups excluding tert-OH is 1. The molecule has 4 nitrogen and oxygen atoms in total.